The van der Waals surface area contributed by atoms with Gasteiger partial charge in [-0.3, -0.25) is 0 Å². The SMILES string of the molecule is CC(C)OC(=O)c1ccc([C@H](N)CCC(C)(C)C)cc1. The van der Waals surface area contributed by atoms with E-state index < -0.39 is 0 Å². The van der Waals surface area contributed by atoms with Crippen molar-refractivity contribution in [3.8, 4) is 0 Å². The van der Waals surface area contributed by atoms with Crippen molar-refractivity contribution >= 4 is 5.97 Å². The van der Waals surface area contributed by atoms with Crippen LogP contribution in [0.15, 0.2) is 24.3 Å². The molecule has 1 aromatic carbocycles. The fraction of sp³-hybridized carbons (Fsp3) is 0.588. The highest BCUT2D eigenvalue weighted by Gasteiger charge is 2.15. The monoisotopic (exact) mass is 277 g/mol. The predicted molar refractivity (Wildman–Crippen MR) is 82.6 cm³/mol. The number of esters is 1. The molecule has 0 unspecified atom stereocenters. The van der Waals surface area contributed by atoms with Gasteiger partial charge in [0.15, 0.2) is 0 Å². The molecule has 3 nitrogen and oxygen atoms in total. The highest BCUT2D eigenvalue weighted by atomic mass is 16.5. The van der Waals surface area contributed by atoms with Gasteiger partial charge in [-0.25, -0.2) is 4.79 Å². The van der Waals surface area contributed by atoms with Crippen LogP contribution in [0.5, 0.6) is 0 Å². The number of ether oxygens (including phenoxy) is 1. The summed E-state index contributed by atoms with van der Waals surface area (Å²) in [5.41, 5.74) is 8.12. The van der Waals surface area contributed by atoms with Crippen LogP contribution >= 0.6 is 0 Å². The molecular weight excluding hydrogens is 250 g/mol. The van der Waals surface area contributed by atoms with E-state index in [-0.39, 0.29) is 18.1 Å². The molecule has 20 heavy (non-hydrogen) atoms. The number of hydrogen-bond donors (Lipinski definition) is 1. The summed E-state index contributed by atoms with van der Waals surface area (Å²) >= 11 is 0. The molecular formula is C17H27NO2. The van der Waals surface area contributed by atoms with E-state index in [1.165, 1.54) is 0 Å². The average molecular weight is 277 g/mol. The van der Waals surface area contributed by atoms with Crippen molar-refractivity contribution in [3.63, 3.8) is 0 Å². The summed E-state index contributed by atoms with van der Waals surface area (Å²) in [7, 11) is 0. The van der Waals surface area contributed by atoms with Crippen LogP contribution in [-0.2, 0) is 4.74 Å². The van der Waals surface area contributed by atoms with Gasteiger partial charge in [0.1, 0.15) is 0 Å². The molecule has 0 saturated carbocycles. The van der Waals surface area contributed by atoms with E-state index in [1.807, 2.05) is 26.0 Å². The lowest BCUT2D eigenvalue weighted by Crippen LogP contribution is -2.15. The first-order valence-corrected chi connectivity index (χ1v) is 7.25. The minimum absolute atomic E-state index is 0.0180. The van der Waals surface area contributed by atoms with Crippen molar-refractivity contribution in [2.75, 3.05) is 0 Å². The fourth-order valence-electron chi connectivity index (χ4n) is 1.90. The summed E-state index contributed by atoms with van der Waals surface area (Å²) < 4.78 is 5.16. The Labute approximate surface area is 122 Å². The van der Waals surface area contributed by atoms with Gasteiger partial charge < -0.3 is 10.5 Å². The van der Waals surface area contributed by atoms with Crippen molar-refractivity contribution in [2.24, 2.45) is 11.1 Å². The van der Waals surface area contributed by atoms with Crippen LogP contribution < -0.4 is 5.73 Å². The zero-order valence-electron chi connectivity index (χ0n) is 13.3. The van der Waals surface area contributed by atoms with Crippen LogP contribution in [-0.4, -0.2) is 12.1 Å². The molecule has 1 rings (SSSR count). The van der Waals surface area contributed by atoms with Crippen molar-refractivity contribution in [1.82, 2.24) is 0 Å². The lowest BCUT2D eigenvalue weighted by atomic mass is 9.87. The second-order valence-corrected chi connectivity index (χ2v) is 6.78. The first-order valence-electron chi connectivity index (χ1n) is 7.25. The Bertz CT molecular complexity index is 429. The molecule has 1 aromatic rings. The van der Waals surface area contributed by atoms with Gasteiger partial charge in [-0.15, -0.1) is 0 Å². The van der Waals surface area contributed by atoms with Crippen LogP contribution in [0.4, 0.5) is 0 Å². The summed E-state index contributed by atoms with van der Waals surface area (Å²) in [6.07, 6.45) is 1.92. The number of carbonyl (C=O) groups is 1. The molecule has 1 atom stereocenters. The average Bonchev–Trinajstić information content (AvgIpc) is 2.34. The van der Waals surface area contributed by atoms with E-state index in [0.29, 0.717) is 11.0 Å². The maximum absolute atomic E-state index is 11.7. The summed E-state index contributed by atoms with van der Waals surface area (Å²) in [5.74, 6) is -0.283. The Morgan fingerprint density at radius 1 is 1.20 bits per heavy atom. The first kappa shape index (κ1) is 16.7. The van der Waals surface area contributed by atoms with Gasteiger partial charge in [-0.1, -0.05) is 32.9 Å². The molecule has 0 radical (unpaired) electrons. The fourth-order valence-corrected chi connectivity index (χ4v) is 1.90. The van der Waals surface area contributed by atoms with Crippen LogP contribution in [0.25, 0.3) is 0 Å². The van der Waals surface area contributed by atoms with Crippen LogP contribution in [0.2, 0.25) is 0 Å². The summed E-state index contributed by atoms with van der Waals surface area (Å²) in [6.45, 7) is 10.3. The summed E-state index contributed by atoms with van der Waals surface area (Å²) in [5, 5.41) is 0. The van der Waals surface area contributed by atoms with E-state index in [2.05, 4.69) is 20.8 Å². The number of carbonyl (C=O) groups excluding carboxylic acids is 1. The Balaban J connectivity index is 2.64. The van der Waals surface area contributed by atoms with Crippen LogP contribution in [0.3, 0.4) is 0 Å². The predicted octanol–water partition coefficient (Wildman–Crippen LogP) is 4.08. The van der Waals surface area contributed by atoms with Crippen molar-refractivity contribution < 1.29 is 9.53 Å². The Morgan fingerprint density at radius 2 is 1.75 bits per heavy atom. The number of hydrogen-bond acceptors (Lipinski definition) is 3. The van der Waals surface area contributed by atoms with E-state index in [4.69, 9.17) is 10.5 Å². The van der Waals surface area contributed by atoms with Crippen LogP contribution in [0, 0.1) is 5.41 Å². The molecule has 3 heteroatoms. The van der Waals surface area contributed by atoms with Crippen LogP contribution in [0.1, 0.15) is 69.4 Å². The molecule has 0 aliphatic heterocycles. The summed E-state index contributed by atoms with van der Waals surface area (Å²) in [4.78, 5) is 11.7. The van der Waals surface area contributed by atoms with Gasteiger partial charge in [0.25, 0.3) is 0 Å². The minimum Gasteiger partial charge on any atom is -0.459 e. The maximum Gasteiger partial charge on any atom is 0.338 e. The van der Waals surface area contributed by atoms with E-state index in [0.717, 1.165) is 18.4 Å². The van der Waals surface area contributed by atoms with Gasteiger partial charge in [-0.05, 0) is 49.8 Å². The molecule has 0 heterocycles. The number of nitrogens with two attached hydrogens (primary N) is 1. The second-order valence-electron chi connectivity index (χ2n) is 6.78. The topological polar surface area (TPSA) is 52.3 Å². The lowest BCUT2D eigenvalue weighted by molar-refractivity contribution is 0.0378. The standard InChI is InChI=1S/C17H27NO2/c1-12(2)20-16(19)14-8-6-13(7-9-14)15(18)10-11-17(3,4)5/h6-9,12,15H,10-11,18H2,1-5H3/t15-/m1/s1. The lowest BCUT2D eigenvalue weighted by Gasteiger charge is -2.21. The molecule has 112 valence electrons. The van der Waals surface area contributed by atoms with Gasteiger partial charge >= 0.3 is 5.97 Å². The third kappa shape index (κ3) is 5.74. The molecule has 0 spiro atoms. The van der Waals surface area contributed by atoms with Crippen molar-refractivity contribution in [2.45, 2.75) is 59.6 Å². The second kappa shape index (κ2) is 6.89. The van der Waals surface area contributed by atoms with E-state index in [9.17, 15) is 4.79 Å². The molecule has 0 aliphatic rings. The number of benzene rings is 1. The highest BCUT2D eigenvalue weighted by molar-refractivity contribution is 5.89. The third-order valence-electron chi connectivity index (χ3n) is 3.12. The first-order chi connectivity index (χ1) is 9.19. The normalized spacial score (nSPS) is 13.3. The largest absolute Gasteiger partial charge is 0.459 e. The molecule has 2 N–H and O–H groups in total. The maximum atomic E-state index is 11.7. The Kier molecular flexibility index (Phi) is 5.75. The molecule has 0 bridgehead atoms. The van der Waals surface area contributed by atoms with Gasteiger partial charge in [0.05, 0.1) is 11.7 Å². The molecule has 0 saturated heterocycles. The zero-order chi connectivity index (χ0) is 15.3. The molecule has 0 fully saturated rings. The quantitative estimate of drug-likeness (QED) is 0.825. The highest BCUT2D eigenvalue weighted by Crippen LogP contribution is 2.26. The number of rotatable bonds is 5. The van der Waals surface area contributed by atoms with Gasteiger partial charge in [0.2, 0.25) is 0 Å². The Hall–Kier alpha value is -1.35. The third-order valence-corrected chi connectivity index (χ3v) is 3.12. The zero-order valence-corrected chi connectivity index (χ0v) is 13.3. The van der Waals surface area contributed by atoms with Crippen molar-refractivity contribution in [1.29, 1.82) is 0 Å². The van der Waals surface area contributed by atoms with E-state index >= 15 is 0 Å². The Morgan fingerprint density at radius 3 is 2.20 bits per heavy atom. The molecule has 0 amide bonds. The summed E-state index contributed by atoms with van der Waals surface area (Å²) in [6, 6.07) is 7.44. The van der Waals surface area contributed by atoms with Crippen molar-refractivity contribution in [3.05, 3.63) is 35.4 Å². The molecule has 0 aliphatic carbocycles. The van der Waals surface area contributed by atoms with E-state index in [1.54, 1.807) is 12.1 Å². The van der Waals surface area contributed by atoms with Gasteiger partial charge in [0, 0.05) is 6.04 Å². The minimum atomic E-state index is -0.283. The smallest absolute Gasteiger partial charge is 0.338 e. The molecule has 0 aromatic heterocycles. The van der Waals surface area contributed by atoms with Gasteiger partial charge in [-0.2, -0.15) is 0 Å².